The summed E-state index contributed by atoms with van der Waals surface area (Å²) in [6.07, 6.45) is -5.58. The van der Waals surface area contributed by atoms with Gasteiger partial charge in [0.15, 0.2) is 0 Å². The molecular weight excluding hydrogens is 532 g/mol. The number of phenolic OH excluding ortho intramolecular Hbond substituents is 1. The van der Waals surface area contributed by atoms with Gasteiger partial charge in [-0.15, -0.1) is 0 Å². The molecule has 4 aromatic rings. The molecule has 0 amide bonds. The van der Waals surface area contributed by atoms with Crippen molar-refractivity contribution in [3.63, 3.8) is 0 Å². The molecule has 210 valence electrons. The number of aromatic hydroxyl groups is 1. The van der Waals surface area contributed by atoms with Gasteiger partial charge in [-0.2, -0.15) is 26.3 Å². The molecule has 1 saturated heterocycles. The van der Waals surface area contributed by atoms with Crippen LogP contribution in [-0.2, 0) is 18.9 Å². The Morgan fingerprint density at radius 3 is 2.42 bits per heavy atom. The molecule has 40 heavy (non-hydrogen) atoms. The Hall–Kier alpha value is -3.79. The van der Waals surface area contributed by atoms with E-state index in [0.29, 0.717) is 34.8 Å². The van der Waals surface area contributed by atoms with Crippen LogP contribution in [0, 0.1) is 5.92 Å². The number of fused-ring (bicyclic) bond motifs is 1. The highest BCUT2D eigenvalue weighted by Crippen LogP contribution is 2.40. The van der Waals surface area contributed by atoms with Crippen LogP contribution in [0.5, 0.6) is 5.75 Å². The highest BCUT2D eigenvalue weighted by Gasteiger charge is 2.32. The van der Waals surface area contributed by atoms with Crippen LogP contribution in [0.1, 0.15) is 36.5 Å². The van der Waals surface area contributed by atoms with Crippen molar-refractivity contribution in [3.05, 3.63) is 83.6 Å². The third kappa shape index (κ3) is 6.01. The quantitative estimate of drug-likeness (QED) is 0.190. The Morgan fingerprint density at radius 1 is 0.950 bits per heavy atom. The SMILES string of the molecule is CC1CCCN(Cc2cc(Nc3ccnc4cc(C(F)(F)F)ccc34)cc(-c3cccc(C(F)(F)F)c3)c2O)C1. The summed E-state index contributed by atoms with van der Waals surface area (Å²) in [4.78, 5) is 6.28. The monoisotopic (exact) mass is 559 g/mol. The van der Waals surface area contributed by atoms with Gasteiger partial charge in [-0.05, 0) is 73.3 Å². The summed E-state index contributed by atoms with van der Waals surface area (Å²) in [5, 5.41) is 14.9. The van der Waals surface area contributed by atoms with E-state index in [0.717, 1.165) is 50.2 Å². The maximum Gasteiger partial charge on any atom is 0.416 e. The zero-order chi connectivity index (χ0) is 28.7. The van der Waals surface area contributed by atoms with Crippen molar-refractivity contribution in [2.45, 2.75) is 38.7 Å². The number of anilines is 2. The average Bonchev–Trinajstić information content (AvgIpc) is 2.89. The number of hydrogen-bond acceptors (Lipinski definition) is 4. The second-order valence-electron chi connectivity index (χ2n) is 10.3. The number of alkyl halides is 6. The Kier molecular flexibility index (Phi) is 7.39. The van der Waals surface area contributed by atoms with Crippen LogP contribution in [0.2, 0.25) is 0 Å². The van der Waals surface area contributed by atoms with Gasteiger partial charge in [0.1, 0.15) is 5.75 Å². The maximum atomic E-state index is 13.5. The first-order valence-corrected chi connectivity index (χ1v) is 12.9. The molecule has 1 aliphatic heterocycles. The number of aromatic nitrogens is 1. The van der Waals surface area contributed by atoms with E-state index in [1.54, 1.807) is 18.2 Å². The van der Waals surface area contributed by atoms with Crippen LogP contribution in [0.3, 0.4) is 0 Å². The predicted octanol–water partition coefficient (Wildman–Crippen LogP) is 8.62. The van der Waals surface area contributed by atoms with E-state index in [-0.39, 0.29) is 22.4 Å². The molecule has 0 radical (unpaired) electrons. The molecule has 10 heteroatoms. The number of likely N-dealkylation sites (tertiary alicyclic amines) is 1. The van der Waals surface area contributed by atoms with Crippen molar-refractivity contribution in [2.24, 2.45) is 5.92 Å². The van der Waals surface area contributed by atoms with Crippen molar-refractivity contribution in [3.8, 4) is 16.9 Å². The van der Waals surface area contributed by atoms with Crippen LogP contribution in [-0.4, -0.2) is 28.1 Å². The molecule has 0 bridgehead atoms. The molecule has 0 aliphatic carbocycles. The van der Waals surface area contributed by atoms with Crippen LogP contribution < -0.4 is 5.32 Å². The van der Waals surface area contributed by atoms with Crippen molar-refractivity contribution < 1.29 is 31.4 Å². The highest BCUT2D eigenvalue weighted by molar-refractivity contribution is 5.93. The molecule has 5 rings (SSSR count). The number of phenols is 1. The number of pyridine rings is 1. The van der Waals surface area contributed by atoms with Crippen LogP contribution in [0.25, 0.3) is 22.0 Å². The lowest BCUT2D eigenvalue weighted by Gasteiger charge is -2.31. The maximum absolute atomic E-state index is 13.5. The van der Waals surface area contributed by atoms with E-state index in [4.69, 9.17) is 0 Å². The first-order valence-electron chi connectivity index (χ1n) is 12.9. The van der Waals surface area contributed by atoms with Gasteiger partial charge in [-0.3, -0.25) is 9.88 Å². The van der Waals surface area contributed by atoms with Crippen molar-refractivity contribution >= 4 is 22.3 Å². The number of halogens is 6. The molecule has 1 fully saturated rings. The number of rotatable bonds is 5. The smallest absolute Gasteiger partial charge is 0.416 e. The van der Waals surface area contributed by atoms with Gasteiger partial charge < -0.3 is 10.4 Å². The normalized spacial score (nSPS) is 16.8. The Bertz CT molecular complexity index is 1530. The van der Waals surface area contributed by atoms with Gasteiger partial charge in [-0.25, -0.2) is 0 Å². The minimum absolute atomic E-state index is 0.113. The fourth-order valence-electron chi connectivity index (χ4n) is 5.23. The lowest BCUT2D eigenvalue weighted by Crippen LogP contribution is -2.33. The Morgan fingerprint density at radius 2 is 1.70 bits per heavy atom. The molecule has 1 atom stereocenters. The lowest BCUT2D eigenvalue weighted by atomic mass is 9.96. The zero-order valence-electron chi connectivity index (χ0n) is 21.6. The fourth-order valence-corrected chi connectivity index (χ4v) is 5.23. The molecule has 0 saturated carbocycles. The number of benzene rings is 3. The summed E-state index contributed by atoms with van der Waals surface area (Å²) in [5.74, 6) is 0.363. The van der Waals surface area contributed by atoms with Gasteiger partial charge in [0.05, 0.1) is 16.6 Å². The number of nitrogens with one attached hydrogen (secondary N) is 1. The summed E-state index contributed by atoms with van der Waals surface area (Å²) < 4.78 is 80.1. The second kappa shape index (κ2) is 10.6. The fraction of sp³-hybridized carbons (Fsp3) is 0.300. The third-order valence-corrected chi connectivity index (χ3v) is 7.17. The standard InChI is InChI=1S/C30H27F6N3O/c1-18-4-3-11-39(16-18)17-20-13-23(15-25(28(20)40)19-5-2-6-21(12-19)29(31,32)33)38-26-9-10-37-27-14-22(30(34,35)36)7-8-24(26)27/h2,5-10,12-15,18,40H,3-4,11,16-17H2,1H3,(H,37,38). The lowest BCUT2D eigenvalue weighted by molar-refractivity contribution is -0.138. The molecule has 1 aromatic heterocycles. The highest BCUT2D eigenvalue weighted by atomic mass is 19.4. The summed E-state index contributed by atoms with van der Waals surface area (Å²) in [6, 6.07) is 12.9. The third-order valence-electron chi connectivity index (χ3n) is 7.17. The van der Waals surface area contributed by atoms with Gasteiger partial charge >= 0.3 is 12.4 Å². The van der Waals surface area contributed by atoms with Gasteiger partial charge in [0.25, 0.3) is 0 Å². The minimum Gasteiger partial charge on any atom is -0.507 e. The van der Waals surface area contributed by atoms with E-state index in [2.05, 4.69) is 22.1 Å². The molecule has 2 heterocycles. The summed E-state index contributed by atoms with van der Waals surface area (Å²) in [7, 11) is 0. The zero-order valence-corrected chi connectivity index (χ0v) is 21.6. The molecule has 3 aromatic carbocycles. The largest absolute Gasteiger partial charge is 0.507 e. The van der Waals surface area contributed by atoms with Gasteiger partial charge in [0, 0.05) is 47.2 Å². The van der Waals surface area contributed by atoms with E-state index >= 15 is 0 Å². The summed E-state index contributed by atoms with van der Waals surface area (Å²) >= 11 is 0. The number of piperidine rings is 1. The average molecular weight is 560 g/mol. The molecule has 1 aliphatic rings. The molecular formula is C30H27F6N3O. The van der Waals surface area contributed by atoms with E-state index in [1.165, 1.54) is 24.4 Å². The van der Waals surface area contributed by atoms with Gasteiger partial charge in [0.2, 0.25) is 0 Å². The second-order valence-corrected chi connectivity index (χ2v) is 10.3. The molecule has 4 nitrogen and oxygen atoms in total. The molecule has 0 spiro atoms. The Labute approximate surface area is 227 Å². The summed E-state index contributed by atoms with van der Waals surface area (Å²) in [6.45, 7) is 4.20. The molecule has 1 unspecified atom stereocenters. The number of hydrogen-bond donors (Lipinski definition) is 2. The molecule has 2 N–H and O–H groups in total. The van der Waals surface area contributed by atoms with Crippen LogP contribution in [0.4, 0.5) is 37.7 Å². The number of nitrogens with zero attached hydrogens (tertiary/aromatic N) is 2. The van der Waals surface area contributed by atoms with Crippen LogP contribution >= 0.6 is 0 Å². The van der Waals surface area contributed by atoms with Crippen LogP contribution in [0.15, 0.2) is 66.9 Å². The first kappa shape index (κ1) is 27.8. The van der Waals surface area contributed by atoms with E-state index in [1.807, 2.05) is 0 Å². The van der Waals surface area contributed by atoms with E-state index < -0.39 is 23.5 Å². The van der Waals surface area contributed by atoms with E-state index in [9.17, 15) is 31.4 Å². The van der Waals surface area contributed by atoms with Crippen molar-refractivity contribution in [1.82, 2.24) is 9.88 Å². The predicted molar refractivity (Wildman–Crippen MR) is 142 cm³/mol. The Balaban J connectivity index is 1.58. The minimum atomic E-state index is -4.56. The topological polar surface area (TPSA) is 48.4 Å². The summed E-state index contributed by atoms with van der Waals surface area (Å²) in [5.41, 5.74) is 0.361. The van der Waals surface area contributed by atoms with Crippen molar-refractivity contribution in [2.75, 3.05) is 18.4 Å². The van der Waals surface area contributed by atoms with Gasteiger partial charge in [-0.1, -0.05) is 25.1 Å². The first-order chi connectivity index (χ1) is 18.9. The van der Waals surface area contributed by atoms with Crippen molar-refractivity contribution in [1.29, 1.82) is 0 Å².